The molecule has 4 heteroatoms. The summed E-state index contributed by atoms with van der Waals surface area (Å²) in [6, 6.07) is 0.241. The summed E-state index contributed by atoms with van der Waals surface area (Å²) in [4.78, 5) is 25.1. The van der Waals surface area contributed by atoms with Gasteiger partial charge in [0.1, 0.15) is 0 Å². The summed E-state index contributed by atoms with van der Waals surface area (Å²) in [6.45, 7) is 6.77. The van der Waals surface area contributed by atoms with Gasteiger partial charge in [-0.15, -0.1) is 0 Å². The van der Waals surface area contributed by atoms with E-state index in [2.05, 4.69) is 13.8 Å². The second-order valence-corrected chi connectivity index (χ2v) is 5.50. The van der Waals surface area contributed by atoms with E-state index in [-0.39, 0.29) is 23.8 Å². The molecule has 17 heavy (non-hydrogen) atoms. The smallest absolute Gasteiger partial charge is 0.222 e. The zero-order chi connectivity index (χ0) is 13.0. The highest BCUT2D eigenvalue weighted by Crippen LogP contribution is 2.23. The lowest BCUT2D eigenvalue weighted by Crippen LogP contribution is -2.48. The Labute approximate surface area is 104 Å². The van der Waals surface area contributed by atoms with Gasteiger partial charge in [0.25, 0.3) is 0 Å². The molecule has 1 aliphatic rings. The molecule has 0 saturated carbocycles. The summed E-state index contributed by atoms with van der Waals surface area (Å²) in [7, 11) is 0. The molecule has 1 aliphatic heterocycles. The van der Waals surface area contributed by atoms with Gasteiger partial charge in [-0.2, -0.15) is 0 Å². The molecular formula is C13H24N2O2. The normalized spacial score (nSPS) is 25.1. The predicted molar refractivity (Wildman–Crippen MR) is 67.2 cm³/mol. The van der Waals surface area contributed by atoms with Gasteiger partial charge in [0, 0.05) is 19.0 Å². The fourth-order valence-corrected chi connectivity index (χ4v) is 2.24. The van der Waals surface area contributed by atoms with Crippen LogP contribution in [0.2, 0.25) is 0 Å². The minimum absolute atomic E-state index is 0.158. The molecule has 1 rings (SSSR count). The van der Waals surface area contributed by atoms with E-state index in [4.69, 9.17) is 5.73 Å². The van der Waals surface area contributed by atoms with E-state index in [1.165, 1.54) is 0 Å². The standard InChI is InChI=1S/C13H24N2O2/c1-9(2)4-7-12(16)15-8-11(13(14)17)6-5-10(15)3/h9-11H,4-8H2,1-3H3,(H2,14,17). The van der Waals surface area contributed by atoms with Crippen molar-refractivity contribution in [3.05, 3.63) is 0 Å². The number of piperidine rings is 1. The van der Waals surface area contributed by atoms with Gasteiger partial charge in [0.2, 0.25) is 11.8 Å². The van der Waals surface area contributed by atoms with Crippen LogP contribution in [-0.2, 0) is 9.59 Å². The number of rotatable bonds is 4. The maximum absolute atomic E-state index is 12.1. The largest absolute Gasteiger partial charge is 0.369 e. The van der Waals surface area contributed by atoms with Gasteiger partial charge in [-0.25, -0.2) is 0 Å². The molecule has 1 heterocycles. The molecule has 0 aliphatic carbocycles. The first-order chi connectivity index (χ1) is 7.91. The van der Waals surface area contributed by atoms with Crippen LogP contribution in [0.4, 0.5) is 0 Å². The zero-order valence-corrected chi connectivity index (χ0v) is 11.1. The minimum Gasteiger partial charge on any atom is -0.369 e. The molecule has 0 aromatic rings. The van der Waals surface area contributed by atoms with Crippen molar-refractivity contribution in [3.8, 4) is 0 Å². The minimum atomic E-state index is -0.279. The Bertz CT molecular complexity index is 289. The van der Waals surface area contributed by atoms with Crippen LogP contribution in [0.15, 0.2) is 0 Å². The highest BCUT2D eigenvalue weighted by molar-refractivity contribution is 5.80. The van der Waals surface area contributed by atoms with E-state index in [0.717, 1.165) is 19.3 Å². The average molecular weight is 240 g/mol. The molecule has 2 amide bonds. The average Bonchev–Trinajstić information content (AvgIpc) is 2.26. The van der Waals surface area contributed by atoms with E-state index in [0.29, 0.717) is 18.9 Å². The Morgan fingerprint density at radius 1 is 1.35 bits per heavy atom. The third-order valence-corrected chi connectivity index (χ3v) is 3.54. The molecule has 2 N–H and O–H groups in total. The summed E-state index contributed by atoms with van der Waals surface area (Å²) in [5.74, 6) is 0.260. The number of hydrogen-bond acceptors (Lipinski definition) is 2. The highest BCUT2D eigenvalue weighted by Gasteiger charge is 2.31. The predicted octanol–water partition coefficient (Wildman–Crippen LogP) is 1.53. The Morgan fingerprint density at radius 2 is 2.00 bits per heavy atom. The summed E-state index contributed by atoms with van der Waals surface area (Å²) >= 11 is 0. The number of carbonyl (C=O) groups is 2. The number of hydrogen-bond donors (Lipinski definition) is 1. The van der Waals surface area contributed by atoms with E-state index < -0.39 is 0 Å². The van der Waals surface area contributed by atoms with Gasteiger partial charge in [-0.1, -0.05) is 13.8 Å². The van der Waals surface area contributed by atoms with Crippen LogP contribution >= 0.6 is 0 Å². The lowest BCUT2D eigenvalue weighted by molar-refractivity contribution is -0.137. The van der Waals surface area contributed by atoms with Gasteiger partial charge in [-0.05, 0) is 32.1 Å². The first-order valence-electron chi connectivity index (χ1n) is 6.50. The van der Waals surface area contributed by atoms with Gasteiger partial charge in [0.05, 0.1) is 5.92 Å². The van der Waals surface area contributed by atoms with E-state index in [1.807, 2.05) is 11.8 Å². The third-order valence-electron chi connectivity index (χ3n) is 3.54. The number of amides is 2. The van der Waals surface area contributed by atoms with Crippen molar-refractivity contribution in [3.63, 3.8) is 0 Å². The molecule has 2 unspecified atom stereocenters. The van der Waals surface area contributed by atoms with E-state index >= 15 is 0 Å². The third kappa shape index (κ3) is 4.02. The number of primary amides is 1. The molecule has 98 valence electrons. The summed E-state index contributed by atoms with van der Waals surface area (Å²) < 4.78 is 0. The molecule has 0 radical (unpaired) electrons. The second-order valence-electron chi connectivity index (χ2n) is 5.50. The first kappa shape index (κ1) is 14.0. The summed E-state index contributed by atoms with van der Waals surface area (Å²) in [6.07, 6.45) is 3.17. The van der Waals surface area contributed by atoms with Crippen LogP contribution in [0, 0.1) is 11.8 Å². The quantitative estimate of drug-likeness (QED) is 0.810. The van der Waals surface area contributed by atoms with Crippen molar-refractivity contribution >= 4 is 11.8 Å². The van der Waals surface area contributed by atoms with E-state index in [9.17, 15) is 9.59 Å². The molecule has 1 saturated heterocycles. The molecule has 0 aromatic heterocycles. The Kier molecular flexibility index (Phi) is 4.97. The van der Waals surface area contributed by atoms with Crippen LogP contribution < -0.4 is 5.73 Å². The Morgan fingerprint density at radius 3 is 2.53 bits per heavy atom. The van der Waals surface area contributed by atoms with Gasteiger partial charge >= 0.3 is 0 Å². The van der Waals surface area contributed by atoms with Crippen molar-refractivity contribution in [1.82, 2.24) is 4.90 Å². The molecule has 2 atom stereocenters. The van der Waals surface area contributed by atoms with Crippen LogP contribution in [0.1, 0.15) is 46.5 Å². The van der Waals surface area contributed by atoms with Crippen LogP contribution in [-0.4, -0.2) is 29.3 Å². The molecule has 0 spiro atoms. The fraction of sp³-hybridized carbons (Fsp3) is 0.846. The summed E-state index contributed by atoms with van der Waals surface area (Å²) in [5.41, 5.74) is 5.32. The monoisotopic (exact) mass is 240 g/mol. The van der Waals surface area contributed by atoms with Crippen molar-refractivity contribution in [1.29, 1.82) is 0 Å². The Balaban J connectivity index is 2.54. The van der Waals surface area contributed by atoms with Crippen molar-refractivity contribution in [2.24, 2.45) is 17.6 Å². The number of likely N-dealkylation sites (tertiary alicyclic amines) is 1. The lowest BCUT2D eigenvalue weighted by Gasteiger charge is -2.37. The number of nitrogens with zero attached hydrogens (tertiary/aromatic N) is 1. The lowest BCUT2D eigenvalue weighted by atomic mass is 9.92. The van der Waals surface area contributed by atoms with Crippen LogP contribution in [0.5, 0.6) is 0 Å². The van der Waals surface area contributed by atoms with Gasteiger partial charge in [0.15, 0.2) is 0 Å². The molecule has 0 aromatic carbocycles. The number of carbonyl (C=O) groups excluding carboxylic acids is 2. The molecule has 0 bridgehead atoms. The number of nitrogens with two attached hydrogens (primary N) is 1. The van der Waals surface area contributed by atoms with Gasteiger partial charge < -0.3 is 10.6 Å². The zero-order valence-electron chi connectivity index (χ0n) is 11.1. The molecule has 1 fully saturated rings. The van der Waals surface area contributed by atoms with Crippen molar-refractivity contribution in [2.45, 2.75) is 52.5 Å². The molecular weight excluding hydrogens is 216 g/mol. The molecule has 4 nitrogen and oxygen atoms in total. The van der Waals surface area contributed by atoms with Crippen molar-refractivity contribution in [2.75, 3.05) is 6.54 Å². The Hall–Kier alpha value is -1.06. The maximum atomic E-state index is 12.1. The highest BCUT2D eigenvalue weighted by atomic mass is 16.2. The van der Waals surface area contributed by atoms with Crippen LogP contribution in [0.3, 0.4) is 0 Å². The SMILES string of the molecule is CC(C)CCC(=O)N1CC(C(N)=O)CCC1C. The topological polar surface area (TPSA) is 63.4 Å². The summed E-state index contributed by atoms with van der Waals surface area (Å²) in [5, 5.41) is 0. The second kappa shape index (κ2) is 6.03. The van der Waals surface area contributed by atoms with Crippen molar-refractivity contribution < 1.29 is 9.59 Å². The fourth-order valence-electron chi connectivity index (χ4n) is 2.24. The van der Waals surface area contributed by atoms with E-state index in [1.54, 1.807) is 0 Å². The first-order valence-corrected chi connectivity index (χ1v) is 6.50. The maximum Gasteiger partial charge on any atom is 0.222 e. The van der Waals surface area contributed by atoms with Crippen LogP contribution in [0.25, 0.3) is 0 Å². The van der Waals surface area contributed by atoms with Gasteiger partial charge in [-0.3, -0.25) is 9.59 Å².